The number of methoxy groups -OCH3 is 1. The second-order valence-corrected chi connectivity index (χ2v) is 5.34. The molecule has 0 radical (unpaired) electrons. The lowest BCUT2D eigenvalue weighted by atomic mass is 10.2. The number of benzene rings is 1. The van der Waals surface area contributed by atoms with Crippen molar-refractivity contribution < 1.29 is 14.6 Å². The number of nitrogens with zero attached hydrogens (tertiary/aromatic N) is 3. The Morgan fingerprint density at radius 2 is 1.92 bits per heavy atom. The van der Waals surface area contributed by atoms with Gasteiger partial charge in [-0.1, -0.05) is 0 Å². The maximum absolute atomic E-state index is 12.1. The molecule has 1 saturated heterocycles. The summed E-state index contributed by atoms with van der Waals surface area (Å²) in [6.07, 6.45) is 1.25. The Bertz CT molecular complexity index is 879. The van der Waals surface area contributed by atoms with Gasteiger partial charge in [-0.25, -0.2) is 9.36 Å². The number of hydrazone groups is 1. The Morgan fingerprint density at radius 1 is 1.24 bits per heavy atom. The van der Waals surface area contributed by atoms with E-state index in [4.69, 9.17) is 9.47 Å². The summed E-state index contributed by atoms with van der Waals surface area (Å²) in [6, 6.07) is 6.49. The largest absolute Gasteiger partial charge is 0.497 e. The first-order valence-electron chi connectivity index (χ1n) is 7.69. The molecular formula is C16H18N4O5. The zero-order chi connectivity index (χ0) is 17.8. The van der Waals surface area contributed by atoms with Crippen LogP contribution in [-0.2, 0) is 4.74 Å². The Balaban J connectivity index is 2.00. The van der Waals surface area contributed by atoms with Gasteiger partial charge in [0.2, 0.25) is 5.88 Å². The molecule has 1 aromatic heterocycles. The minimum Gasteiger partial charge on any atom is -0.497 e. The smallest absolute Gasteiger partial charge is 0.335 e. The molecule has 3 rings (SSSR count). The third-order valence-corrected chi connectivity index (χ3v) is 3.79. The second-order valence-electron chi connectivity index (χ2n) is 5.34. The molecule has 2 aromatic rings. The SMILES string of the molecule is COc1ccc(-n2c(O)c(/C=N/N3CCOCC3)c(=O)[nH]c2=O)cc1. The lowest BCUT2D eigenvalue weighted by molar-refractivity contribution is 0.0396. The van der Waals surface area contributed by atoms with E-state index in [-0.39, 0.29) is 5.56 Å². The van der Waals surface area contributed by atoms with Gasteiger partial charge < -0.3 is 14.6 Å². The minimum absolute atomic E-state index is 0.0955. The van der Waals surface area contributed by atoms with Crippen LogP contribution in [0.5, 0.6) is 11.6 Å². The van der Waals surface area contributed by atoms with Crippen LogP contribution in [0, 0.1) is 0 Å². The molecule has 0 unspecified atom stereocenters. The maximum Gasteiger partial charge on any atom is 0.335 e. The lowest BCUT2D eigenvalue weighted by Crippen LogP contribution is -2.34. The monoisotopic (exact) mass is 346 g/mol. The summed E-state index contributed by atoms with van der Waals surface area (Å²) in [7, 11) is 1.53. The van der Waals surface area contributed by atoms with Crippen molar-refractivity contribution in [3.63, 3.8) is 0 Å². The summed E-state index contributed by atoms with van der Waals surface area (Å²) in [5.41, 5.74) is -1.15. The van der Waals surface area contributed by atoms with Crippen LogP contribution >= 0.6 is 0 Å². The number of nitrogens with one attached hydrogen (secondary N) is 1. The molecule has 2 N–H and O–H groups in total. The first kappa shape index (κ1) is 16.8. The predicted octanol–water partition coefficient (Wildman–Crippen LogP) is -0.0939. The topological polar surface area (TPSA) is 109 Å². The molecule has 0 amide bonds. The Labute approximate surface area is 142 Å². The van der Waals surface area contributed by atoms with Crippen LogP contribution in [-0.4, -0.2) is 59.3 Å². The molecule has 0 atom stereocenters. The van der Waals surface area contributed by atoms with Gasteiger partial charge >= 0.3 is 5.69 Å². The highest BCUT2D eigenvalue weighted by Crippen LogP contribution is 2.18. The minimum atomic E-state index is -0.740. The molecule has 25 heavy (non-hydrogen) atoms. The van der Waals surface area contributed by atoms with Crippen LogP contribution in [0.25, 0.3) is 5.69 Å². The first-order valence-corrected chi connectivity index (χ1v) is 7.69. The predicted molar refractivity (Wildman–Crippen MR) is 90.9 cm³/mol. The van der Waals surface area contributed by atoms with E-state index in [1.54, 1.807) is 29.3 Å². The molecule has 0 spiro atoms. The number of H-pyrrole nitrogens is 1. The van der Waals surface area contributed by atoms with Crippen molar-refractivity contribution >= 4 is 6.21 Å². The van der Waals surface area contributed by atoms with Crippen LogP contribution in [0.15, 0.2) is 39.0 Å². The van der Waals surface area contributed by atoms with Gasteiger partial charge in [-0.05, 0) is 24.3 Å². The molecule has 9 heteroatoms. The van der Waals surface area contributed by atoms with E-state index in [9.17, 15) is 14.7 Å². The summed E-state index contributed by atoms with van der Waals surface area (Å²) >= 11 is 0. The van der Waals surface area contributed by atoms with Crippen molar-refractivity contribution in [2.45, 2.75) is 0 Å². The van der Waals surface area contributed by atoms with Crippen molar-refractivity contribution in [3.05, 3.63) is 50.7 Å². The molecule has 1 fully saturated rings. The third kappa shape index (κ3) is 3.56. The van der Waals surface area contributed by atoms with Crippen LogP contribution in [0.4, 0.5) is 0 Å². The maximum atomic E-state index is 12.1. The van der Waals surface area contributed by atoms with E-state index in [0.717, 1.165) is 4.57 Å². The Kier molecular flexibility index (Phi) is 4.85. The highest BCUT2D eigenvalue weighted by Gasteiger charge is 2.15. The third-order valence-electron chi connectivity index (χ3n) is 3.79. The van der Waals surface area contributed by atoms with Crippen molar-refractivity contribution in [1.82, 2.24) is 14.6 Å². The molecule has 0 saturated carbocycles. The highest BCUT2D eigenvalue weighted by molar-refractivity contribution is 5.82. The van der Waals surface area contributed by atoms with Crippen LogP contribution < -0.4 is 16.0 Å². The second kappa shape index (κ2) is 7.22. The number of rotatable bonds is 4. The van der Waals surface area contributed by atoms with Crippen molar-refractivity contribution in [2.75, 3.05) is 33.4 Å². The average Bonchev–Trinajstić information content (AvgIpc) is 2.62. The molecule has 1 aliphatic heterocycles. The fourth-order valence-electron chi connectivity index (χ4n) is 2.43. The van der Waals surface area contributed by atoms with E-state index in [1.807, 2.05) is 0 Å². The summed E-state index contributed by atoms with van der Waals surface area (Å²) < 4.78 is 11.3. The van der Waals surface area contributed by atoms with E-state index in [0.29, 0.717) is 37.7 Å². The van der Waals surface area contributed by atoms with E-state index in [1.165, 1.54) is 13.3 Å². The number of aromatic amines is 1. The highest BCUT2D eigenvalue weighted by atomic mass is 16.5. The molecule has 1 aliphatic rings. The van der Waals surface area contributed by atoms with Gasteiger partial charge in [-0.3, -0.25) is 14.8 Å². The van der Waals surface area contributed by atoms with Gasteiger partial charge in [0.25, 0.3) is 5.56 Å². The van der Waals surface area contributed by atoms with Gasteiger partial charge in [0, 0.05) is 0 Å². The van der Waals surface area contributed by atoms with E-state index in [2.05, 4.69) is 10.1 Å². The van der Waals surface area contributed by atoms with Crippen molar-refractivity contribution in [3.8, 4) is 17.3 Å². The van der Waals surface area contributed by atoms with Gasteiger partial charge in [0.15, 0.2) is 0 Å². The fraction of sp³-hybridized carbons (Fsp3) is 0.312. The van der Waals surface area contributed by atoms with Gasteiger partial charge in [0.05, 0.1) is 45.3 Å². The number of hydrogen-bond acceptors (Lipinski definition) is 7. The normalized spacial score (nSPS) is 14.8. The number of morpholine rings is 1. The van der Waals surface area contributed by atoms with Crippen molar-refractivity contribution in [2.24, 2.45) is 5.10 Å². The number of ether oxygens (including phenoxy) is 2. The molecule has 0 bridgehead atoms. The summed E-state index contributed by atoms with van der Waals surface area (Å²) in [5, 5.41) is 16.3. The lowest BCUT2D eigenvalue weighted by Gasteiger charge is -2.23. The molecule has 2 heterocycles. The molecule has 9 nitrogen and oxygen atoms in total. The van der Waals surface area contributed by atoms with Gasteiger partial charge in [-0.15, -0.1) is 0 Å². The average molecular weight is 346 g/mol. The molecule has 0 aliphatic carbocycles. The zero-order valence-corrected chi connectivity index (χ0v) is 13.6. The Hall–Kier alpha value is -3.07. The van der Waals surface area contributed by atoms with E-state index < -0.39 is 17.1 Å². The number of aromatic nitrogens is 2. The van der Waals surface area contributed by atoms with Crippen LogP contribution in [0.3, 0.4) is 0 Å². The summed E-state index contributed by atoms with van der Waals surface area (Å²) in [5.74, 6) is 0.130. The fourth-order valence-corrected chi connectivity index (χ4v) is 2.43. The zero-order valence-electron chi connectivity index (χ0n) is 13.6. The molecular weight excluding hydrogens is 328 g/mol. The molecule has 1 aromatic carbocycles. The first-order chi connectivity index (χ1) is 12.1. The van der Waals surface area contributed by atoms with Gasteiger partial charge in [-0.2, -0.15) is 5.10 Å². The van der Waals surface area contributed by atoms with Crippen LogP contribution in [0.2, 0.25) is 0 Å². The Morgan fingerprint density at radius 3 is 2.56 bits per heavy atom. The number of aromatic hydroxyl groups is 1. The number of hydrogen-bond donors (Lipinski definition) is 2. The molecule has 132 valence electrons. The van der Waals surface area contributed by atoms with Crippen molar-refractivity contribution in [1.29, 1.82) is 0 Å². The summed E-state index contributed by atoms with van der Waals surface area (Å²) in [6.45, 7) is 2.27. The standard InChI is InChI=1S/C16H18N4O5/c1-24-12-4-2-11(3-5-12)20-15(22)13(14(21)18-16(20)23)10-17-19-6-8-25-9-7-19/h2-5,10,22H,6-9H2,1H3,(H,18,21,23)/b17-10+. The summed E-state index contributed by atoms with van der Waals surface area (Å²) in [4.78, 5) is 26.3. The quantitative estimate of drug-likeness (QED) is 0.749. The van der Waals surface area contributed by atoms with E-state index >= 15 is 0 Å². The van der Waals surface area contributed by atoms with Crippen LogP contribution in [0.1, 0.15) is 5.56 Å². The van der Waals surface area contributed by atoms with Gasteiger partial charge in [0.1, 0.15) is 11.3 Å².